The van der Waals surface area contributed by atoms with E-state index in [1.165, 1.54) is 0 Å². The number of rotatable bonds is 2. The average Bonchev–Trinajstić information content (AvgIpc) is 2.25. The van der Waals surface area contributed by atoms with Gasteiger partial charge in [-0.3, -0.25) is 9.59 Å². The van der Waals surface area contributed by atoms with Crippen LogP contribution in [0.2, 0.25) is 0 Å². The molecule has 0 aliphatic carbocycles. The molecule has 0 N–H and O–H groups in total. The van der Waals surface area contributed by atoms with Crippen LogP contribution < -0.4 is 0 Å². The molecule has 0 radical (unpaired) electrons. The molecule has 1 aliphatic heterocycles. The molecule has 0 unspecified atom stereocenters. The summed E-state index contributed by atoms with van der Waals surface area (Å²) in [7, 11) is 0. The standard InChI is InChI=1S/C12H20Br2N2O2/c1-11(2,13)9(17)15-5-7-16(8-6-15)10(18)12(3,4)14/h5-8H2,1-4H3. The Kier molecular flexibility index (Phi) is 4.87. The molecule has 0 saturated carbocycles. The summed E-state index contributed by atoms with van der Waals surface area (Å²) < 4.78 is -1.07. The average molecular weight is 384 g/mol. The van der Waals surface area contributed by atoms with E-state index in [1.807, 2.05) is 27.7 Å². The van der Waals surface area contributed by atoms with E-state index in [0.717, 1.165) is 0 Å². The highest BCUT2D eigenvalue weighted by atomic mass is 79.9. The normalized spacial score (nSPS) is 17.9. The van der Waals surface area contributed by atoms with Crippen molar-refractivity contribution in [2.75, 3.05) is 26.2 Å². The van der Waals surface area contributed by atoms with E-state index in [1.54, 1.807) is 9.80 Å². The Labute approximate surface area is 125 Å². The molecule has 1 saturated heterocycles. The molecule has 18 heavy (non-hydrogen) atoms. The van der Waals surface area contributed by atoms with Gasteiger partial charge in [0.1, 0.15) is 0 Å². The number of amides is 2. The molecule has 0 bridgehead atoms. The van der Waals surface area contributed by atoms with Crippen molar-refractivity contribution in [1.82, 2.24) is 9.80 Å². The summed E-state index contributed by atoms with van der Waals surface area (Å²) in [6.07, 6.45) is 0. The van der Waals surface area contributed by atoms with Crippen LogP contribution >= 0.6 is 31.9 Å². The molecular weight excluding hydrogens is 364 g/mol. The minimum absolute atomic E-state index is 0.0766. The Balaban J connectivity index is 2.57. The summed E-state index contributed by atoms with van der Waals surface area (Å²) in [4.78, 5) is 27.7. The second-order valence-corrected chi connectivity index (χ2v) is 9.49. The molecule has 104 valence electrons. The van der Waals surface area contributed by atoms with E-state index in [2.05, 4.69) is 31.9 Å². The number of carbonyl (C=O) groups is 2. The molecule has 1 rings (SSSR count). The first-order valence-electron chi connectivity index (χ1n) is 6.00. The van der Waals surface area contributed by atoms with E-state index >= 15 is 0 Å². The molecule has 6 heteroatoms. The molecule has 0 atom stereocenters. The number of piperazine rings is 1. The summed E-state index contributed by atoms with van der Waals surface area (Å²) in [6.45, 7) is 9.77. The number of nitrogens with zero attached hydrogens (tertiary/aromatic N) is 2. The molecular formula is C12H20Br2N2O2. The van der Waals surface area contributed by atoms with Crippen LogP contribution in [0, 0.1) is 0 Å². The maximum Gasteiger partial charge on any atom is 0.239 e. The van der Waals surface area contributed by atoms with Crippen molar-refractivity contribution in [1.29, 1.82) is 0 Å². The van der Waals surface area contributed by atoms with Crippen LogP contribution in [-0.4, -0.2) is 56.4 Å². The van der Waals surface area contributed by atoms with Crippen LogP contribution in [0.4, 0.5) is 0 Å². The van der Waals surface area contributed by atoms with Crippen LogP contribution in [0.3, 0.4) is 0 Å². The maximum absolute atomic E-state index is 12.1. The summed E-state index contributed by atoms with van der Waals surface area (Å²) >= 11 is 6.75. The highest BCUT2D eigenvalue weighted by molar-refractivity contribution is 9.10. The Hall–Kier alpha value is -0.100. The van der Waals surface area contributed by atoms with Crippen molar-refractivity contribution >= 4 is 43.7 Å². The molecule has 0 aromatic rings. The largest absolute Gasteiger partial charge is 0.338 e. The quantitative estimate of drug-likeness (QED) is 0.684. The summed E-state index contributed by atoms with van der Waals surface area (Å²) in [6, 6.07) is 0. The number of alkyl halides is 2. The number of carbonyl (C=O) groups excluding carboxylic acids is 2. The zero-order valence-electron chi connectivity index (χ0n) is 11.3. The van der Waals surface area contributed by atoms with Crippen LogP contribution in [0.5, 0.6) is 0 Å². The predicted molar refractivity (Wildman–Crippen MR) is 79.2 cm³/mol. The van der Waals surface area contributed by atoms with Crippen LogP contribution in [0.15, 0.2) is 0 Å². The topological polar surface area (TPSA) is 40.6 Å². The lowest BCUT2D eigenvalue weighted by Crippen LogP contribution is -2.56. The lowest BCUT2D eigenvalue weighted by molar-refractivity contribution is -0.141. The SMILES string of the molecule is CC(C)(Br)C(=O)N1CCN(C(=O)C(C)(C)Br)CC1. The van der Waals surface area contributed by atoms with Gasteiger partial charge in [0.05, 0.1) is 8.65 Å². The van der Waals surface area contributed by atoms with Gasteiger partial charge in [-0.25, -0.2) is 0 Å². The number of halogens is 2. The lowest BCUT2D eigenvalue weighted by Gasteiger charge is -2.38. The summed E-state index contributed by atoms with van der Waals surface area (Å²) in [5.74, 6) is 0.153. The van der Waals surface area contributed by atoms with E-state index in [-0.39, 0.29) is 11.8 Å². The molecule has 0 aromatic carbocycles. The third-order valence-electron chi connectivity index (χ3n) is 2.87. The molecule has 0 aromatic heterocycles. The van der Waals surface area contributed by atoms with Crippen LogP contribution in [0.1, 0.15) is 27.7 Å². The minimum atomic E-state index is -0.534. The Morgan fingerprint density at radius 2 is 1.00 bits per heavy atom. The van der Waals surface area contributed by atoms with Gasteiger partial charge >= 0.3 is 0 Å². The zero-order valence-corrected chi connectivity index (χ0v) is 14.5. The Morgan fingerprint density at radius 1 is 0.778 bits per heavy atom. The highest BCUT2D eigenvalue weighted by Crippen LogP contribution is 2.23. The van der Waals surface area contributed by atoms with Gasteiger partial charge < -0.3 is 9.80 Å². The van der Waals surface area contributed by atoms with Crippen LogP contribution in [0.25, 0.3) is 0 Å². The molecule has 1 heterocycles. The minimum Gasteiger partial charge on any atom is -0.338 e. The van der Waals surface area contributed by atoms with Gasteiger partial charge in [-0.05, 0) is 27.7 Å². The van der Waals surface area contributed by atoms with Crippen molar-refractivity contribution in [2.24, 2.45) is 0 Å². The van der Waals surface area contributed by atoms with E-state index in [4.69, 9.17) is 0 Å². The fourth-order valence-electron chi connectivity index (χ4n) is 1.86. The van der Waals surface area contributed by atoms with Crippen molar-refractivity contribution < 1.29 is 9.59 Å². The third kappa shape index (κ3) is 3.95. The lowest BCUT2D eigenvalue weighted by atomic mass is 10.1. The highest BCUT2D eigenvalue weighted by Gasteiger charge is 2.35. The van der Waals surface area contributed by atoms with Gasteiger partial charge in [-0.15, -0.1) is 0 Å². The zero-order chi connectivity index (χ0) is 14.1. The molecule has 4 nitrogen and oxygen atoms in total. The maximum atomic E-state index is 12.1. The first-order valence-corrected chi connectivity index (χ1v) is 7.58. The van der Waals surface area contributed by atoms with Gasteiger partial charge in [0.15, 0.2) is 0 Å². The summed E-state index contributed by atoms with van der Waals surface area (Å²) in [5.41, 5.74) is 0. The fourth-order valence-corrected chi connectivity index (χ4v) is 2.37. The Bertz CT molecular complexity index is 303. The van der Waals surface area contributed by atoms with E-state index in [9.17, 15) is 9.59 Å². The first kappa shape index (κ1) is 16.0. The van der Waals surface area contributed by atoms with E-state index < -0.39 is 8.65 Å². The second-order valence-electron chi connectivity index (χ2n) is 5.53. The van der Waals surface area contributed by atoms with Gasteiger partial charge in [0.2, 0.25) is 11.8 Å². The summed E-state index contributed by atoms with van der Waals surface area (Å²) in [5, 5.41) is 0. The monoisotopic (exact) mass is 382 g/mol. The van der Waals surface area contributed by atoms with Gasteiger partial charge in [-0.1, -0.05) is 31.9 Å². The third-order valence-corrected chi connectivity index (χ3v) is 3.55. The predicted octanol–water partition coefficient (Wildman–Crippen LogP) is 2.00. The van der Waals surface area contributed by atoms with Crippen molar-refractivity contribution in [3.63, 3.8) is 0 Å². The van der Waals surface area contributed by atoms with Crippen molar-refractivity contribution in [3.8, 4) is 0 Å². The van der Waals surface area contributed by atoms with Gasteiger partial charge in [0.25, 0.3) is 0 Å². The van der Waals surface area contributed by atoms with Crippen molar-refractivity contribution in [3.05, 3.63) is 0 Å². The number of hydrogen-bond acceptors (Lipinski definition) is 2. The Morgan fingerprint density at radius 3 is 1.17 bits per heavy atom. The molecule has 1 fully saturated rings. The number of hydrogen-bond donors (Lipinski definition) is 0. The smallest absolute Gasteiger partial charge is 0.239 e. The van der Waals surface area contributed by atoms with Gasteiger partial charge in [-0.2, -0.15) is 0 Å². The van der Waals surface area contributed by atoms with E-state index in [0.29, 0.717) is 26.2 Å². The molecule has 2 amide bonds. The van der Waals surface area contributed by atoms with Crippen molar-refractivity contribution in [2.45, 2.75) is 36.3 Å². The molecule has 0 spiro atoms. The van der Waals surface area contributed by atoms with Gasteiger partial charge in [0, 0.05) is 26.2 Å². The first-order chi connectivity index (χ1) is 8.03. The fraction of sp³-hybridized carbons (Fsp3) is 0.833. The second kappa shape index (κ2) is 5.49. The molecule has 1 aliphatic rings. The van der Waals surface area contributed by atoms with Crippen LogP contribution in [-0.2, 0) is 9.59 Å².